The van der Waals surface area contributed by atoms with E-state index in [4.69, 9.17) is 0 Å². The van der Waals surface area contributed by atoms with Crippen LogP contribution in [-0.2, 0) is 5.75 Å². The Bertz CT molecular complexity index is 653. The molecule has 1 aromatic carbocycles. The summed E-state index contributed by atoms with van der Waals surface area (Å²) in [5, 5.41) is 9.92. The first kappa shape index (κ1) is 14.6. The molecule has 0 fully saturated rings. The Hall–Kier alpha value is -1.81. The second kappa shape index (κ2) is 6.09. The number of carbonyl (C=O) groups is 1. The quantitative estimate of drug-likeness (QED) is 0.864. The average Bonchev–Trinajstić information content (AvgIpc) is 2.35. The highest BCUT2D eigenvalue weighted by atomic mass is 32.2. The third-order valence-electron chi connectivity index (χ3n) is 2.98. The minimum absolute atomic E-state index is 0.313. The van der Waals surface area contributed by atoms with E-state index in [0.29, 0.717) is 10.6 Å². The van der Waals surface area contributed by atoms with Crippen molar-refractivity contribution in [3.8, 4) is 0 Å². The normalized spacial score (nSPS) is 10.6. The Morgan fingerprint density at radius 1 is 1.25 bits per heavy atom. The standard InChI is InChI=1S/C16H17NO2S/c1-10-5-4-6-13(7-10)9-20-15-14(16(18)19)11(2)8-12(3)17-15/h4-8H,9H2,1-3H3,(H,18,19). The van der Waals surface area contributed by atoms with E-state index in [1.165, 1.54) is 22.9 Å². The summed E-state index contributed by atoms with van der Waals surface area (Å²) in [7, 11) is 0. The molecular formula is C16H17NO2S. The molecule has 20 heavy (non-hydrogen) atoms. The molecule has 0 radical (unpaired) electrons. The molecule has 0 amide bonds. The smallest absolute Gasteiger partial charge is 0.338 e. The molecule has 0 bridgehead atoms. The molecule has 0 saturated carbocycles. The van der Waals surface area contributed by atoms with Gasteiger partial charge in [-0.1, -0.05) is 29.8 Å². The third kappa shape index (κ3) is 3.39. The van der Waals surface area contributed by atoms with Crippen LogP contribution in [0.2, 0.25) is 0 Å². The highest BCUT2D eigenvalue weighted by Gasteiger charge is 2.16. The largest absolute Gasteiger partial charge is 0.478 e. The van der Waals surface area contributed by atoms with Crippen molar-refractivity contribution in [2.45, 2.75) is 31.6 Å². The second-order valence-electron chi connectivity index (χ2n) is 4.84. The molecule has 0 spiro atoms. The van der Waals surface area contributed by atoms with E-state index in [9.17, 15) is 9.90 Å². The lowest BCUT2D eigenvalue weighted by molar-refractivity contribution is 0.0691. The summed E-state index contributed by atoms with van der Waals surface area (Å²) in [6.07, 6.45) is 0. The van der Waals surface area contributed by atoms with Crippen LogP contribution in [0.5, 0.6) is 0 Å². The topological polar surface area (TPSA) is 50.2 Å². The van der Waals surface area contributed by atoms with Gasteiger partial charge < -0.3 is 5.11 Å². The SMILES string of the molecule is Cc1cccc(CSc2nc(C)cc(C)c2C(=O)O)c1. The summed E-state index contributed by atoms with van der Waals surface area (Å²) in [6, 6.07) is 10.0. The number of carboxylic acids is 1. The molecule has 0 aliphatic rings. The number of aromatic carboxylic acids is 1. The number of hydrogen-bond acceptors (Lipinski definition) is 3. The van der Waals surface area contributed by atoms with Gasteiger partial charge in [-0.05, 0) is 38.0 Å². The van der Waals surface area contributed by atoms with Crippen LogP contribution in [0.1, 0.15) is 32.7 Å². The molecule has 2 aromatic rings. The maximum absolute atomic E-state index is 11.4. The zero-order chi connectivity index (χ0) is 14.7. The van der Waals surface area contributed by atoms with E-state index in [1.807, 2.05) is 39.0 Å². The maximum Gasteiger partial charge on any atom is 0.338 e. The number of hydrogen-bond donors (Lipinski definition) is 1. The van der Waals surface area contributed by atoms with Crippen LogP contribution in [0.4, 0.5) is 0 Å². The fourth-order valence-electron chi connectivity index (χ4n) is 2.12. The number of rotatable bonds is 4. The van der Waals surface area contributed by atoms with Crippen molar-refractivity contribution < 1.29 is 9.90 Å². The summed E-state index contributed by atoms with van der Waals surface area (Å²) >= 11 is 1.47. The van der Waals surface area contributed by atoms with Gasteiger partial charge in [0.2, 0.25) is 0 Å². The fraction of sp³-hybridized carbons (Fsp3) is 0.250. The van der Waals surface area contributed by atoms with Crippen LogP contribution in [0, 0.1) is 20.8 Å². The molecule has 1 heterocycles. The summed E-state index contributed by atoms with van der Waals surface area (Å²) in [5.41, 5.74) is 4.30. The number of benzene rings is 1. The zero-order valence-corrected chi connectivity index (χ0v) is 12.6. The highest BCUT2D eigenvalue weighted by Crippen LogP contribution is 2.27. The summed E-state index contributed by atoms with van der Waals surface area (Å²) in [4.78, 5) is 15.7. The first-order valence-electron chi connectivity index (χ1n) is 6.37. The summed E-state index contributed by atoms with van der Waals surface area (Å²) in [5.74, 6) is -0.195. The van der Waals surface area contributed by atoms with Gasteiger partial charge >= 0.3 is 5.97 Å². The number of aromatic nitrogens is 1. The van der Waals surface area contributed by atoms with Gasteiger partial charge in [0.15, 0.2) is 0 Å². The van der Waals surface area contributed by atoms with Gasteiger partial charge in [-0.25, -0.2) is 9.78 Å². The Kier molecular flexibility index (Phi) is 4.45. The van der Waals surface area contributed by atoms with Crippen LogP contribution in [0.3, 0.4) is 0 Å². The Morgan fingerprint density at radius 3 is 2.65 bits per heavy atom. The molecule has 1 N–H and O–H groups in total. The molecule has 2 rings (SSSR count). The van der Waals surface area contributed by atoms with Gasteiger partial charge in [0.05, 0.1) is 5.56 Å². The molecule has 4 heteroatoms. The van der Waals surface area contributed by atoms with Crippen molar-refractivity contribution in [3.05, 3.63) is 58.3 Å². The average molecular weight is 287 g/mol. The molecule has 0 saturated heterocycles. The van der Waals surface area contributed by atoms with Gasteiger partial charge in [0.1, 0.15) is 5.03 Å². The monoisotopic (exact) mass is 287 g/mol. The highest BCUT2D eigenvalue weighted by molar-refractivity contribution is 7.98. The van der Waals surface area contributed by atoms with E-state index in [1.54, 1.807) is 6.07 Å². The van der Waals surface area contributed by atoms with Crippen LogP contribution in [-0.4, -0.2) is 16.1 Å². The lowest BCUT2D eigenvalue weighted by Crippen LogP contribution is -2.05. The van der Waals surface area contributed by atoms with Gasteiger partial charge in [-0.3, -0.25) is 0 Å². The molecule has 0 atom stereocenters. The minimum atomic E-state index is -0.915. The van der Waals surface area contributed by atoms with E-state index in [-0.39, 0.29) is 0 Å². The fourth-order valence-corrected chi connectivity index (χ4v) is 3.20. The second-order valence-corrected chi connectivity index (χ2v) is 5.81. The van der Waals surface area contributed by atoms with Crippen molar-refractivity contribution in [2.75, 3.05) is 0 Å². The van der Waals surface area contributed by atoms with Crippen molar-refractivity contribution in [1.29, 1.82) is 0 Å². The first-order valence-corrected chi connectivity index (χ1v) is 7.36. The summed E-state index contributed by atoms with van der Waals surface area (Å²) < 4.78 is 0. The Morgan fingerprint density at radius 2 is 2.00 bits per heavy atom. The Balaban J connectivity index is 2.27. The number of carboxylic acid groups (broad SMARTS) is 1. The van der Waals surface area contributed by atoms with Gasteiger partial charge in [0, 0.05) is 11.4 Å². The predicted molar refractivity (Wildman–Crippen MR) is 81.4 cm³/mol. The minimum Gasteiger partial charge on any atom is -0.478 e. The number of thioether (sulfide) groups is 1. The Labute approximate surface area is 123 Å². The first-order chi connectivity index (χ1) is 9.47. The van der Waals surface area contributed by atoms with Crippen molar-refractivity contribution in [3.63, 3.8) is 0 Å². The van der Waals surface area contributed by atoms with Crippen molar-refractivity contribution >= 4 is 17.7 Å². The lowest BCUT2D eigenvalue weighted by Gasteiger charge is -2.09. The van der Waals surface area contributed by atoms with Gasteiger partial charge in [-0.2, -0.15) is 0 Å². The van der Waals surface area contributed by atoms with E-state index >= 15 is 0 Å². The maximum atomic E-state index is 11.4. The van der Waals surface area contributed by atoms with E-state index in [2.05, 4.69) is 11.1 Å². The molecule has 0 aliphatic heterocycles. The van der Waals surface area contributed by atoms with Gasteiger partial charge in [-0.15, -0.1) is 11.8 Å². The van der Waals surface area contributed by atoms with Gasteiger partial charge in [0.25, 0.3) is 0 Å². The number of nitrogens with zero attached hydrogens (tertiary/aromatic N) is 1. The van der Waals surface area contributed by atoms with Crippen LogP contribution in [0.25, 0.3) is 0 Å². The number of pyridine rings is 1. The molecule has 1 aromatic heterocycles. The van der Waals surface area contributed by atoms with Crippen molar-refractivity contribution in [2.24, 2.45) is 0 Å². The molecule has 104 valence electrons. The third-order valence-corrected chi connectivity index (χ3v) is 4.03. The molecule has 0 unspecified atom stereocenters. The van der Waals surface area contributed by atoms with E-state index in [0.717, 1.165) is 17.0 Å². The molecular weight excluding hydrogens is 270 g/mol. The molecule has 0 aliphatic carbocycles. The predicted octanol–water partition coefficient (Wildman–Crippen LogP) is 4.00. The number of aryl methyl sites for hydroxylation is 3. The molecule has 3 nitrogen and oxygen atoms in total. The van der Waals surface area contributed by atoms with Crippen LogP contribution < -0.4 is 0 Å². The van der Waals surface area contributed by atoms with Crippen molar-refractivity contribution in [1.82, 2.24) is 4.98 Å². The lowest BCUT2D eigenvalue weighted by atomic mass is 10.1. The van der Waals surface area contributed by atoms with Crippen LogP contribution in [0.15, 0.2) is 35.4 Å². The zero-order valence-electron chi connectivity index (χ0n) is 11.8. The van der Waals surface area contributed by atoms with Crippen LogP contribution >= 0.6 is 11.8 Å². The van der Waals surface area contributed by atoms with E-state index < -0.39 is 5.97 Å². The summed E-state index contributed by atoms with van der Waals surface area (Å²) in [6.45, 7) is 5.75.